The predicted molar refractivity (Wildman–Crippen MR) is 85.4 cm³/mol. The summed E-state index contributed by atoms with van der Waals surface area (Å²) in [5, 5.41) is 13.8. The van der Waals surface area contributed by atoms with Crippen LogP contribution in [0.4, 0.5) is 5.82 Å². The van der Waals surface area contributed by atoms with Crippen LogP contribution in [0.5, 0.6) is 0 Å². The lowest BCUT2D eigenvalue weighted by molar-refractivity contribution is 0.584. The highest BCUT2D eigenvalue weighted by Crippen LogP contribution is 2.23. The Bertz CT molecular complexity index is 668. The molecular formula is C17H20N4. The Morgan fingerprint density at radius 1 is 1.43 bits per heavy atom. The fraction of sp³-hybridized carbons (Fsp3) is 0.412. The van der Waals surface area contributed by atoms with E-state index in [-0.39, 0.29) is 0 Å². The SMILES string of the molecule is CCN(CC1CCCN1)c1cc(C#N)c2ccccc2n1. The average molecular weight is 280 g/mol. The molecule has 1 aliphatic heterocycles. The van der Waals surface area contributed by atoms with Crippen LogP contribution in [0.2, 0.25) is 0 Å². The first-order valence-electron chi connectivity index (χ1n) is 7.60. The van der Waals surface area contributed by atoms with E-state index in [9.17, 15) is 5.26 Å². The van der Waals surface area contributed by atoms with Gasteiger partial charge in [0.2, 0.25) is 0 Å². The maximum atomic E-state index is 9.39. The van der Waals surface area contributed by atoms with E-state index < -0.39 is 0 Å². The molecule has 1 unspecified atom stereocenters. The van der Waals surface area contributed by atoms with E-state index in [1.807, 2.05) is 30.3 Å². The summed E-state index contributed by atoms with van der Waals surface area (Å²) in [7, 11) is 0. The minimum absolute atomic E-state index is 0.531. The predicted octanol–water partition coefficient (Wildman–Crippen LogP) is 2.68. The second-order valence-corrected chi connectivity index (χ2v) is 5.49. The second-order valence-electron chi connectivity index (χ2n) is 5.49. The number of nitrogens with one attached hydrogen (secondary N) is 1. The largest absolute Gasteiger partial charge is 0.355 e. The molecule has 1 N–H and O–H groups in total. The number of nitrogens with zero attached hydrogens (tertiary/aromatic N) is 3. The molecule has 4 heteroatoms. The molecule has 0 amide bonds. The average Bonchev–Trinajstić information content (AvgIpc) is 3.04. The fourth-order valence-electron chi connectivity index (χ4n) is 2.98. The number of para-hydroxylation sites is 1. The van der Waals surface area contributed by atoms with E-state index in [1.54, 1.807) is 0 Å². The summed E-state index contributed by atoms with van der Waals surface area (Å²) < 4.78 is 0. The van der Waals surface area contributed by atoms with Crippen LogP contribution in [-0.2, 0) is 0 Å². The molecule has 1 aliphatic rings. The Morgan fingerprint density at radius 3 is 3.00 bits per heavy atom. The number of benzene rings is 1. The number of anilines is 1. The van der Waals surface area contributed by atoms with Gasteiger partial charge in [0.1, 0.15) is 5.82 Å². The Hall–Kier alpha value is -2.12. The van der Waals surface area contributed by atoms with E-state index >= 15 is 0 Å². The minimum Gasteiger partial charge on any atom is -0.355 e. The highest BCUT2D eigenvalue weighted by atomic mass is 15.2. The van der Waals surface area contributed by atoms with Gasteiger partial charge in [0.05, 0.1) is 17.1 Å². The van der Waals surface area contributed by atoms with Gasteiger partial charge in [0, 0.05) is 24.5 Å². The first-order valence-corrected chi connectivity index (χ1v) is 7.60. The molecule has 1 aromatic heterocycles. The molecule has 3 rings (SSSR count). The van der Waals surface area contributed by atoms with Crippen molar-refractivity contribution in [2.75, 3.05) is 24.5 Å². The first kappa shape index (κ1) is 13.8. The molecule has 4 nitrogen and oxygen atoms in total. The molecule has 2 heterocycles. The lowest BCUT2D eigenvalue weighted by atomic mass is 10.1. The van der Waals surface area contributed by atoms with Crippen molar-refractivity contribution in [2.45, 2.75) is 25.8 Å². The van der Waals surface area contributed by atoms with Crippen molar-refractivity contribution >= 4 is 16.7 Å². The van der Waals surface area contributed by atoms with Crippen molar-refractivity contribution in [3.8, 4) is 6.07 Å². The van der Waals surface area contributed by atoms with E-state index in [0.29, 0.717) is 11.6 Å². The van der Waals surface area contributed by atoms with Gasteiger partial charge < -0.3 is 10.2 Å². The van der Waals surface area contributed by atoms with E-state index in [4.69, 9.17) is 4.98 Å². The smallest absolute Gasteiger partial charge is 0.130 e. The van der Waals surface area contributed by atoms with Gasteiger partial charge in [-0.1, -0.05) is 18.2 Å². The van der Waals surface area contributed by atoms with Crippen molar-refractivity contribution in [3.63, 3.8) is 0 Å². The number of nitriles is 1. The molecule has 0 saturated carbocycles. The third kappa shape index (κ3) is 2.84. The lowest BCUT2D eigenvalue weighted by Gasteiger charge is -2.26. The van der Waals surface area contributed by atoms with Crippen LogP contribution in [0.25, 0.3) is 10.9 Å². The highest BCUT2D eigenvalue weighted by molar-refractivity contribution is 5.86. The third-order valence-corrected chi connectivity index (χ3v) is 4.13. The van der Waals surface area contributed by atoms with Gasteiger partial charge in [-0.25, -0.2) is 4.98 Å². The van der Waals surface area contributed by atoms with Crippen LogP contribution in [0.15, 0.2) is 30.3 Å². The van der Waals surface area contributed by atoms with Gasteiger partial charge in [-0.3, -0.25) is 0 Å². The molecule has 108 valence electrons. The zero-order valence-electron chi connectivity index (χ0n) is 12.3. The molecule has 2 aromatic rings. The topological polar surface area (TPSA) is 52.0 Å². The summed E-state index contributed by atoms with van der Waals surface area (Å²) in [6, 6.07) is 12.6. The van der Waals surface area contributed by atoms with Gasteiger partial charge in [-0.15, -0.1) is 0 Å². The maximum Gasteiger partial charge on any atom is 0.130 e. The molecular weight excluding hydrogens is 260 g/mol. The number of fused-ring (bicyclic) bond motifs is 1. The van der Waals surface area contributed by atoms with Crippen molar-refractivity contribution in [1.29, 1.82) is 5.26 Å². The van der Waals surface area contributed by atoms with Gasteiger partial charge >= 0.3 is 0 Å². The summed E-state index contributed by atoms with van der Waals surface area (Å²) in [6.07, 6.45) is 2.46. The molecule has 21 heavy (non-hydrogen) atoms. The Labute approximate surface area is 125 Å². The van der Waals surface area contributed by atoms with Crippen molar-refractivity contribution in [1.82, 2.24) is 10.3 Å². The van der Waals surface area contributed by atoms with Crippen LogP contribution in [0, 0.1) is 11.3 Å². The standard InChI is InChI=1S/C17H20N4/c1-2-21(12-14-6-5-9-19-14)17-10-13(11-18)15-7-3-4-8-16(15)20-17/h3-4,7-8,10,14,19H,2,5-6,9,12H2,1H3. The van der Waals surface area contributed by atoms with Crippen LogP contribution in [0.1, 0.15) is 25.3 Å². The minimum atomic E-state index is 0.531. The third-order valence-electron chi connectivity index (χ3n) is 4.13. The zero-order chi connectivity index (χ0) is 14.7. The molecule has 0 spiro atoms. The van der Waals surface area contributed by atoms with E-state index in [2.05, 4.69) is 23.2 Å². The van der Waals surface area contributed by atoms with Gasteiger partial charge in [-0.2, -0.15) is 5.26 Å². The number of hydrogen-bond donors (Lipinski definition) is 1. The van der Waals surface area contributed by atoms with Crippen molar-refractivity contribution < 1.29 is 0 Å². The molecule has 0 bridgehead atoms. The molecule has 1 aromatic carbocycles. The zero-order valence-corrected chi connectivity index (χ0v) is 12.3. The molecule has 0 aliphatic carbocycles. The van der Waals surface area contributed by atoms with Crippen LogP contribution in [-0.4, -0.2) is 30.7 Å². The first-order chi connectivity index (χ1) is 10.3. The lowest BCUT2D eigenvalue weighted by Crippen LogP contribution is -2.38. The number of rotatable bonds is 4. The molecule has 0 radical (unpaired) electrons. The fourth-order valence-corrected chi connectivity index (χ4v) is 2.98. The van der Waals surface area contributed by atoms with E-state index in [0.717, 1.165) is 36.4 Å². The number of hydrogen-bond acceptors (Lipinski definition) is 4. The number of likely N-dealkylation sites (N-methyl/N-ethyl adjacent to an activating group) is 1. The summed E-state index contributed by atoms with van der Waals surface area (Å²) in [5.74, 6) is 0.904. The summed E-state index contributed by atoms with van der Waals surface area (Å²) in [4.78, 5) is 7.00. The van der Waals surface area contributed by atoms with Crippen LogP contribution < -0.4 is 10.2 Å². The normalized spacial score (nSPS) is 17.8. The number of pyridine rings is 1. The summed E-state index contributed by atoms with van der Waals surface area (Å²) in [6.45, 7) is 5.09. The van der Waals surface area contributed by atoms with Gasteiger partial charge in [-0.05, 0) is 38.4 Å². The summed E-state index contributed by atoms with van der Waals surface area (Å²) in [5.41, 5.74) is 1.60. The molecule has 1 fully saturated rings. The van der Waals surface area contributed by atoms with Crippen LogP contribution >= 0.6 is 0 Å². The molecule has 1 saturated heterocycles. The Morgan fingerprint density at radius 2 is 2.29 bits per heavy atom. The Balaban J connectivity index is 1.96. The van der Waals surface area contributed by atoms with Crippen LogP contribution in [0.3, 0.4) is 0 Å². The van der Waals surface area contributed by atoms with Gasteiger partial charge in [0.15, 0.2) is 0 Å². The molecule has 1 atom stereocenters. The number of aromatic nitrogens is 1. The summed E-state index contributed by atoms with van der Waals surface area (Å²) >= 11 is 0. The second kappa shape index (κ2) is 6.11. The highest BCUT2D eigenvalue weighted by Gasteiger charge is 2.18. The quantitative estimate of drug-likeness (QED) is 0.935. The maximum absolute atomic E-state index is 9.39. The van der Waals surface area contributed by atoms with Gasteiger partial charge in [0.25, 0.3) is 0 Å². The van der Waals surface area contributed by atoms with Crippen molar-refractivity contribution in [3.05, 3.63) is 35.9 Å². The van der Waals surface area contributed by atoms with Crippen molar-refractivity contribution in [2.24, 2.45) is 0 Å². The Kier molecular flexibility index (Phi) is 4.03. The monoisotopic (exact) mass is 280 g/mol. The van der Waals surface area contributed by atoms with E-state index in [1.165, 1.54) is 12.8 Å².